The summed E-state index contributed by atoms with van der Waals surface area (Å²) in [4.78, 5) is 33.9. The molecule has 216 valence electrons. The average Bonchev–Trinajstić information content (AvgIpc) is 2.96. The second-order valence-corrected chi connectivity index (χ2v) is 11.1. The fourth-order valence-electron chi connectivity index (χ4n) is 3.91. The SMILES string of the molecule is NC(=O)OC(Cc1ccc(OCc2ccc(-c3ccccc3)cc2)cc1)C(=O)NS(=O)(=O)c1ccc(Cl)c([N+](=O)[O-])c1. The van der Waals surface area contributed by atoms with E-state index in [0.29, 0.717) is 24.0 Å². The van der Waals surface area contributed by atoms with Crippen LogP contribution in [-0.4, -0.2) is 31.4 Å². The number of ether oxygens (including phenoxy) is 2. The Balaban J connectivity index is 1.39. The van der Waals surface area contributed by atoms with E-state index in [2.05, 4.69) is 0 Å². The molecule has 42 heavy (non-hydrogen) atoms. The zero-order chi connectivity index (χ0) is 30.3. The molecule has 0 aliphatic rings. The zero-order valence-electron chi connectivity index (χ0n) is 21.8. The van der Waals surface area contributed by atoms with Crippen molar-refractivity contribution in [3.8, 4) is 16.9 Å². The van der Waals surface area contributed by atoms with Crippen LogP contribution in [0.3, 0.4) is 0 Å². The number of nitro benzene ring substituents is 1. The van der Waals surface area contributed by atoms with Crippen molar-refractivity contribution in [2.75, 3.05) is 0 Å². The molecule has 1 atom stereocenters. The van der Waals surface area contributed by atoms with Crippen LogP contribution in [0.1, 0.15) is 11.1 Å². The molecular formula is C29H24ClN3O8S. The number of primary amides is 1. The van der Waals surface area contributed by atoms with Crippen molar-refractivity contribution in [3.05, 3.63) is 123 Å². The maximum atomic E-state index is 12.8. The van der Waals surface area contributed by atoms with Crippen LogP contribution >= 0.6 is 11.6 Å². The molecule has 0 saturated carbocycles. The van der Waals surface area contributed by atoms with Gasteiger partial charge in [0.2, 0.25) is 0 Å². The second kappa shape index (κ2) is 13.1. The maximum absolute atomic E-state index is 12.8. The Morgan fingerprint density at radius 1 is 0.905 bits per heavy atom. The Morgan fingerprint density at radius 3 is 2.14 bits per heavy atom. The van der Waals surface area contributed by atoms with Gasteiger partial charge in [0.25, 0.3) is 21.6 Å². The van der Waals surface area contributed by atoms with E-state index in [1.165, 1.54) is 0 Å². The van der Waals surface area contributed by atoms with Gasteiger partial charge in [-0.3, -0.25) is 14.9 Å². The third kappa shape index (κ3) is 7.83. The fraction of sp³-hybridized carbons (Fsp3) is 0.103. The molecule has 1 unspecified atom stereocenters. The number of amides is 2. The summed E-state index contributed by atoms with van der Waals surface area (Å²) in [5.74, 6) is -0.666. The molecule has 11 nitrogen and oxygen atoms in total. The summed E-state index contributed by atoms with van der Waals surface area (Å²) >= 11 is 5.73. The Kier molecular flexibility index (Phi) is 9.40. The first-order chi connectivity index (χ1) is 20.0. The summed E-state index contributed by atoms with van der Waals surface area (Å²) in [6, 6.07) is 27.2. The lowest BCUT2D eigenvalue weighted by Crippen LogP contribution is -2.43. The van der Waals surface area contributed by atoms with Crippen molar-refractivity contribution in [1.82, 2.24) is 4.72 Å². The molecule has 0 fully saturated rings. The number of hydrogen-bond acceptors (Lipinski definition) is 8. The van der Waals surface area contributed by atoms with Gasteiger partial charge in [0.15, 0.2) is 6.10 Å². The van der Waals surface area contributed by atoms with Gasteiger partial charge >= 0.3 is 6.09 Å². The van der Waals surface area contributed by atoms with Gasteiger partial charge in [0, 0.05) is 12.5 Å². The smallest absolute Gasteiger partial charge is 0.405 e. The van der Waals surface area contributed by atoms with Crippen molar-refractivity contribution in [2.45, 2.75) is 24.0 Å². The number of nitrogens with two attached hydrogens (primary N) is 1. The highest BCUT2D eigenvalue weighted by Crippen LogP contribution is 2.27. The van der Waals surface area contributed by atoms with Crippen molar-refractivity contribution in [1.29, 1.82) is 0 Å². The highest BCUT2D eigenvalue weighted by atomic mass is 35.5. The first kappa shape index (κ1) is 30.0. The van der Waals surface area contributed by atoms with Crippen LogP contribution in [0.2, 0.25) is 5.02 Å². The first-order valence-electron chi connectivity index (χ1n) is 12.3. The molecular weight excluding hydrogens is 586 g/mol. The summed E-state index contributed by atoms with van der Waals surface area (Å²) in [5, 5.41) is 10.8. The van der Waals surface area contributed by atoms with Crippen molar-refractivity contribution in [3.63, 3.8) is 0 Å². The monoisotopic (exact) mass is 609 g/mol. The Morgan fingerprint density at radius 2 is 1.52 bits per heavy atom. The predicted octanol–water partition coefficient (Wildman–Crippen LogP) is 5.01. The third-order valence-electron chi connectivity index (χ3n) is 6.02. The lowest BCUT2D eigenvalue weighted by atomic mass is 10.0. The Bertz CT molecular complexity index is 1700. The van der Waals surface area contributed by atoms with Crippen LogP contribution in [-0.2, 0) is 32.6 Å². The van der Waals surface area contributed by atoms with Crippen LogP contribution in [0, 0.1) is 10.1 Å². The lowest BCUT2D eigenvalue weighted by Gasteiger charge is -2.17. The van der Waals surface area contributed by atoms with E-state index in [1.54, 1.807) is 29.0 Å². The van der Waals surface area contributed by atoms with E-state index in [9.17, 15) is 28.1 Å². The minimum absolute atomic E-state index is 0.216. The predicted molar refractivity (Wildman–Crippen MR) is 154 cm³/mol. The van der Waals surface area contributed by atoms with Crippen molar-refractivity contribution < 1.29 is 32.4 Å². The highest BCUT2D eigenvalue weighted by molar-refractivity contribution is 7.90. The van der Waals surface area contributed by atoms with Crippen LogP contribution in [0.4, 0.5) is 10.5 Å². The molecule has 0 bridgehead atoms. The number of carbonyl (C=O) groups is 2. The van der Waals surface area contributed by atoms with Crippen LogP contribution < -0.4 is 15.2 Å². The number of hydrogen-bond donors (Lipinski definition) is 2. The molecule has 2 amide bonds. The number of halogens is 1. The standard InChI is InChI=1S/C29H24ClN3O8S/c30-25-15-14-24(17-26(25)33(36)37)42(38,39)32-28(34)27(41-29(31)35)16-19-8-12-23(13-9-19)40-18-20-6-10-22(11-7-20)21-4-2-1-3-5-21/h1-15,17,27H,16,18H2,(H2,31,35)(H,32,34). The molecule has 0 aromatic heterocycles. The van der Waals surface area contributed by atoms with Crippen LogP contribution in [0.5, 0.6) is 5.75 Å². The third-order valence-corrected chi connectivity index (χ3v) is 7.69. The molecule has 13 heteroatoms. The normalized spacial score (nSPS) is 11.7. The van der Waals surface area contributed by atoms with Crippen LogP contribution in [0.15, 0.2) is 102 Å². The van der Waals surface area contributed by atoms with Gasteiger partial charge in [0.1, 0.15) is 17.4 Å². The number of nitrogens with one attached hydrogen (secondary N) is 1. The number of carbonyl (C=O) groups excluding carboxylic acids is 2. The summed E-state index contributed by atoms with van der Waals surface area (Å²) in [6.07, 6.45) is -3.13. The molecule has 0 spiro atoms. The van der Waals surface area contributed by atoms with E-state index in [-0.39, 0.29) is 11.4 Å². The number of sulfonamides is 1. The number of nitro groups is 1. The van der Waals surface area contributed by atoms with Gasteiger partial charge in [0.05, 0.1) is 9.82 Å². The van der Waals surface area contributed by atoms with Gasteiger partial charge in [-0.05, 0) is 46.5 Å². The maximum Gasteiger partial charge on any atom is 0.405 e. The van der Waals surface area contributed by atoms with Crippen molar-refractivity contribution >= 4 is 39.3 Å². The van der Waals surface area contributed by atoms with Gasteiger partial charge < -0.3 is 15.2 Å². The summed E-state index contributed by atoms with van der Waals surface area (Å²) < 4.78 is 37.9. The molecule has 0 aliphatic heterocycles. The summed E-state index contributed by atoms with van der Waals surface area (Å²) in [7, 11) is -4.58. The van der Waals surface area contributed by atoms with Crippen molar-refractivity contribution in [2.24, 2.45) is 5.73 Å². The van der Waals surface area contributed by atoms with Gasteiger partial charge in [-0.25, -0.2) is 17.9 Å². The molecule has 3 N–H and O–H groups in total. The molecule has 4 rings (SSSR count). The number of rotatable bonds is 11. The summed E-state index contributed by atoms with van der Waals surface area (Å²) in [5.41, 5.74) is 8.09. The summed E-state index contributed by atoms with van der Waals surface area (Å²) in [6.45, 7) is 0.310. The molecule has 4 aromatic carbocycles. The van der Waals surface area contributed by atoms with E-state index in [1.807, 2.05) is 54.6 Å². The minimum Gasteiger partial charge on any atom is -0.489 e. The van der Waals surface area contributed by atoms with E-state index >= 15 is 0 Å². The molecule has 0 aliphatic carbocycles. The zero-order valence-corrected chi connectivity index (χ0v) is 23.4. The molecule has 4 aromatic rings. The highest BCUT2D eigenvalue weighted by Gasteiger charge is 2.29. The van der Waals surface area contributed by atoms with Gasteiger partial charge in [-0.1, -0.05) is 78.3 Å². The molecule has 0 radical (unpaired) electrons. The van der Waals surface area contributed by atoms with E-state index in [4.69, 9.17) is 26.8 Å². The Hall–Kier alpha value is -4.94. The quantitative estimate of drug-likeness (QED) is 0.177. The molecule has 0 heterocycles. The first-order valence-corrected chi connectivity index (χ1v) is 14.2. The topological polar surface area (TPSA) is 168 Å². The number of benzene rings is 4. The largest absolute Gasteiger partial charge is 0.489 e. The Labute approximate surface area is 246 Å². The second-order valence-electron chi connectivity index (χ2n) is 8.97. The van der Waals surface area contributed by atoms with Gasteiger partial charge in [-0.2, -0.15) is 0 Å². The number of nitrogens with zero attached hydrogens (tertiary/aromatic N) is 1. The minimum atomic E-state index is -4.58. The van der Waals surface area contributed by atoms with E-state index in [0.717, 1.165) is 28.8 Å². The fourth-order valence-corrected chi connectivity index (χ4v) is 5.13. The lowest BCUT2D eigenvalue weighted by molar-refractivity contribution is -0.384. The van der Waals surface area contributed by atoms with Gasteiger partial charge in [-0.15, -0.1) is 0 Å². The van der Waals surface area contributed by atoms with E-state index < -0.39 is 43.6 Å². The average molecular weight is 610 g/mol. The molecule has 0 saturated heterocycles. The van der Waals surface area contributed by atoms with Crippen LogP contribution in [0.25, 0.3) is 11.1 Å².